The van der Waals surface area contributed by atoms with Gasteiger partial charge >= 0.3 is 6.03 Å². The Labute approximate surface area is 128 Å². The molecule has 0 radical (unpaired) electrons. The number of urea groups is 1. The van der Waals surface area contributed by atoms with Crippen LogP contribution in [0.5, 0.6) is 0 Å². The molecular formula is C14H20N6O2. The van der Waals surface area contributed by atoms with Gasteiger partial charge in [0.05, 0.1) is 18.3 Å². The van der Waals surface area contributed by atoms with E-state index >= 15 is 0 Å². The van der Waals surface area contributed by atoms with E-state index in [4.69, 9.17) is 4.74 Å². The van der Waals surface area contributed by atoms with Gasteiger partial charge in [0.15, 0.2) is 5.82 Å². The minimum absolute atomic E-state index is 0.00635. The number of aromatic nitrogens is 4. The molecule has 0 fully saturated rings. The molecule has 8 heteroatoms. The Hall–Kier alpha value is -2.48. The monoisotopic (exact) mass is 304 g/mol. The molecule has 1 aromatic carbocycles. The Morgan fingerprint density at radius 1 is 1.36 bits per heavy atom. The number of nitrogens with one attached hydrogen (secondary N) is 2. The fourth-order valence-corrected chi connectivity index (χ4v) is 1.97. The van der Waals surface area contributed by atoms with Crippen LogP contribution in [0.1, 0.15) is 19.2 Å². The first kappa shape index (κ1) is 15.9. The van der Waals surface area contributed by atoms with Crippen molar-refractivity contribution < 1.29 is 9.53 Å². The molecular weight excluding hydrogens is 284 g/mol. The number of aryl methyl sites for hydroxylation is 1. The number of carbonyl (C=O) groups excluding carboxylic acids is 1. The van der Waals surface area contributed by atoms with Crippen LogP contribution in [0, 0.1) is 6.92 Å². The molecule has 0 saturated carbocycles. The number of hydrogen-bond acceptors (Lipinski definition) is 5. The summed E-state index contributed by atoms with van der Waals surface area (Å²) < 4.78 is 6.67. The van der Waals surface area contributed by atoms with Crippen molar-refractivity contribution in [1.29, 1.82) is 0 Å². The maximum atomic E-state index is 11.9. The molecule has 118 valence electrons. The second-order valence-electron chi connectivity index (χ2n) is 4.84. The molecule has 1 atom stereocenters. The Kier molecular flexibility index (Phi) is 5.42. The molecule has 2 rings (SSSR count). The van der Waals surface area contributed by atoms with Crippen LogP contribution in [0.15, 0.2) is 24.3 Å². The zero-order chi connectivity index (χ0) is 15.9. The Balaban J connectivity index is 1.96. The lowest BCUT2D eigenvalue weighted by molar-refractivity contribution is 0.165. The van der Waals surface area contributed by atoms with Crippen LogP contribution < -0.4 is 10.6 Å². The molecule has 8 nitrogen and oxygen atoms in total. The second-order valence-corrected chi connectivity index (χ2v) is 4.84. The molecule has 0 aliphatic carbocycles. The van der Waals surface area contributed by atoms with Crippen molar-refractivity contribution in [2.24, 2.45) is 0 Å². The van der Waals surface area contributed by atoms with Crippen molar-refractivity contribution >= 4 is 11.7 Å². The Bertz CT molecular complexity index is 610. The van der Waals surface area contributed by atoms with Crippen LogP contribution in [0.3, 0.4) is 0 Å². The summed E-state index contributed by atoms with van der Waals surface area (Å²) in [6.07, 6.45) is 0.804. The first-order valence-electron chi connectivity index (χ1n) is 7.06. The van der Waals surface area contributed by atoms with Gasteiger partial charge in [-0.3, -0.25) is 0 Å². The first-order chi connectivity index (χ1) is 10.6. The standard InChI is InChI=1S/C14H20N6O2/c1-4-11(9-22-3)15-14(21)16-12-5-7-13(8-6-12)20-10(2)17-18-19-20/h5-8,11H,4,9H2,1-3H3,(H2,15,16,21)/t11-/m1/s1. The zero-order valence-corrected chi connectivity index (χ0v) is 12.9. The third-order valence-electron chi connectivity index (χ3n) is 3.19. The van der Waals surface area contributed by atoms with Crippen molar-refractivity contribution in [3.8, 4) is 5.69 Å². The summed E-state index contributed by atoms with van der Waals surface area (Å²) in [7, 11) is 1.61. The van der Waals surface area contributed by atoms with Gasteiger partial charge in [-0.1, -0.05) is 6.92 Å². The van der Waals surface area contributed by atoms with Crippen LogP contribution in [0.4, 0.5) is 10.5 Å². The smallest absolute Gasteiger partial charge is 0.319 e. The molecule has 0 bridgehead atoms. The van der Waals surface area contributed by atoms with Gasteiger partial charge in [0, 0.05) is 12.8 Å². The molecule has 1 heterocycles. The number of benzene rings is 1. The van der Waals surface area contributed by atoms with Gasteiger partial charge in [-0.15, -0.1) is 5.10 Å². The van der Waals surface area contributed by atoms with E-state index in [0.717, 1.165) is 12.1 Å². The average Bonchev–Trinajstić information content (AvgIpc) is 2.93. The Morgan fingerprint density at radius 2 is 2.09 bits per heavy atom. The van der Waals surface area contributed by atoms with E-state index < -0.39 is 0 Å². The predicted molar refractivity (Wildman–Crippen MR) is 82.0 cm³/mol. The normalized spacial score (nSPS) is 12.0. The van der Waals surface area contributed by atoms with Gasteiger partial charge in [0.2, 0.25) is 0 Å². The number of amides is 2. The highest BCUT2D eigenvalue weighted by Crippen LogP contribution is 2.13. The van der Waals surface area contributed by atoms with Crippen LogP contribution in [-0.4, -0.2) is 46.0 Å². The van der Waals surface area contributed by atoms with Crippen LogP contribution in [0.25, 0.3) is 5.69 Å². The van der Waals surface area contributed by atoms with Crippen LogP contribution in [-0.2, 0) is 4.74 Å². The van der Waals surface area contributed by atoms with Crippen molar-refractivity contribution in [3.05, 3.63) is 30.1 Å². The molecule has 2 aromatic rings. The van der Waals surface area contributed by atoms with Gasteiger partial charge in [0.25, 0.3) is 0 Å². The summed E-state index contributed by atoms with van der Waals surface area (Å²) in [5.41, 5.74) is 1.53. The van der Waals surface area contributed by atoms with Crippen molar-refractivity contribution in [3.63, 3.8) is 0 Å². The van der Waals surface area contributed by atoms with Gasteiger partial charge in [0.1, 0.15) is 0 Å². The summed E-state index contributed by atoms with van der Waals surface area (Å²) in [4.78, 5) is 11.9. The van der Waals surface area contributed by atoms with E-state index in [0.29, 0.717) is 18.1 Å². The third-order valence-corrected chi connectivity index (χ3v) is 3.19. The number of ether oxygens (including phenoxy) is 1. The van der Waals surface area contributed by atoms with E-state index in [1.807, 2.05) is 26.0 Å². The van der Waals surface area contributed by atoms with Crippen molar-refractivity contribution in [2.45, 2.75) is 26.3 Å². The van der Waals surface area contributed by atoms with Gasteiger partial charge in [-0.05, 0) is 48.0 Å². The summed E-state index contributed by atoms with van der Waals surface area (Å²) >= 11 is 0. The van der Waals surface area contributed by atoms with E-state index in [9.17, 15) is 4.79 Å². The fourth-order valence-electron chi connectivity index (χ4n) is 1.97. The minimum Gasteiger partial charge on any atom is -0.383 e. The summed E-state index contributed by atoms with van der Waals surface area (Å²) in [5.74, 6) is 0.698. The average molecular weight is 304 g/mol. The number of methoxy groups -OCH3 is 1. The third kappa shape index (κ3) is 4.01. The number of tetrazole rings is 1. The molecule has 0 aliphatic heterocycles. The molecule has 22 heavy (non-hydrogen) atoms. The number of rotatable bonds is 6. The maximum Gasteiger partial charge on any atom is 0.319 e. The SMILES string of the molecule is CC[C@H](COC)NC(=O)Nc1ccc(-n2nnnc2C)cc1. The summed E-state index contributed by atoms with van der Waals surface area (Å²) in [6, 6.07) is 7.01. The molecule has 2 amide bonds. The highest BCUT2D eigenvalue weighted by atomic mass is 16.5. The minimum atomic E-state index is -0.254. The molecule has 1 aromatic heterocycles. The highest BCUT2D eigenvalue weighted by Gasteiger charge is 2.10. The Morgan fingerprint density at radius 3 is 2.64 bits per heavy atom. The summed E-state index contributed by atoms with van der Waals surface area (Å²) in [5, 5.41) is 17.0. The fraction of sp³-hybridized carbons (Fsp3) is 0.429. The first-order valence-corrected chi connectivity index (χ1v) is 7.06. The highest BCUT2D eigenvalue weighted by molar-refractivity contribution is 5.89. The topological polar surface area (TPSA) is 94.0 Å². The van der Waals surface area contributed by atoms with Crippen LogP contribution in [0.2, 0.25) is 0 Å². The zero-order valence-electron chi connectivity index (χ0n) is 12.9. The number of anilines is 1. The summed E-state index contributed by atoms with van der Waals surface area (Å²) in [6.45, 7) is 4.30. The predicted octanol–water partition coefficient (Wildman–Crippen LogP) is 1.52. The van der Waals surface area contributed by atoms with E-state index in [1.165, 1.54) is 0 Å². The van der Waals surface area contributed by atoms with E-state index in [1.54, 1.807) is 23.9 Å². The van der Waals surface area contributed by atoms with Gasteiger partial charge in [-0.2, -0.15) is 4.68 Å². The quantitative estimate of drug-likeness (QED) is 0.844. The molecule has 0 saturated heterocycles. The van der Waals surface area contributed by atoms with Crippen molar-refractivity contribution in [1.82, 2.24) is 25.5 Å². The molecule has 0 unspecified atom stereocenters. The maximum absolute atomic E-state index is 11.9. The number of hydrogen-bond donors (Lipinski definition) is 2. The lowest BCUT2D eigenvalue weighted by Crippen LogP contribution is -2.40. The van der Waals surface area contributed by atoms with Crippen molar-refractivity contribution in [2.75, 3.05) is 19.0 Å². The lowest BCUT2D eigenvalue weighted by atomic mass is 10.2. The molecule has 2 N–H and O–H groups in total. The molecule has 0 spiro atoms. The number of nitrogens with zero attached hydrogens (tertiary/aromatic N) is 4. The largest absolute Gasteiger partial charge is 0.383 e. The van der Waals surface area contributed by atoms with E-state index in [-0.39, 0.29) is 12.1 Å². The second kappa shape index (κ2) is 7.51. The number of carbonyl (C=O) groups is 1. The van der Waals surface area contributed by atoms with Gasteiger partial charge < -0.3 is 15.4 Å². The van der Waals surface area contributed by atoms with Crippen LogP contribution >= 0.6 is 0 Å². The lowest BCUT2D eigenvalue weighted by Gasteiger charge is -2.16. The van der Waals surface area contributed by atoms with E-state index in [2.05, 4.69) is 26.2 Å². The molecule has 0 aliphatic rings. The van der Waals surface area contributed by atoms with Gasteiger partial charge in [-0.25, -0.2) is 4.79 Å².